The van der Waals surface area contributed by atoms with Gasteiger partial charge in [-0.25, -0.2) is 16.8 Å². The molecule has 1 N–H and O–H groups in total. The van der Waals surface area contributed by atoms with Crippen molar-refractivity contribution in [2.45, 2.75) is 31.6 Å². The van der Waals surface area contributed by atoms with E-state index in [9.17, 15) is 16.8 Å². The van der Waals surface area contributed by atoms with E-state index in [0.717, 1.165) is 12.0 Å². The molecule has 146 valence electrons. The number of rotatable bonds is 4. The lowest BCUT2D eigenvalue weighted by Gasteiger charge is -2.28. The van der Waals surface area contributed by atoms with Crippen LogP contribution in [0.25, 0.3) is 0 Å². The van der Waals surface area contributed by atoms with E-state index >= 15 is 0 Å². The van der Waals surface area contributed by atoms with Crippen LogP contribution in [0.2, 0.25) is 5.02 Å². The first-order chi connectivity index (χ1) is 12.6. The molecule has 0 atom stereocenters. The minimum Gasteiger partial charge on any atom is -0.279 e. The molecule has 1 saturated heterocycles. The second-order valence-electron chi connectivity index (χ2n) is 6.61. The van der Waals surface area contributed by atoms with Crippen LogP contribution in [-0.2, 0) is 20.0 Å². The summed E-state index contributed by atoms with van der Waals surface area (Å²) in [6, 6.07) is 9.55. The summed E-state index contributed by atoms with van der Waals surface area (Å²) in [5.74, 6) is 0.113. The smallest absolute Gasteiger partial charge is 0.262 e. The van der Waals surface area contributed by atoms with Crippen molar-refractivity contribution in [2.75, 3.05) is 21.3 Å². The molecule has 6 nitrogen and oxygen atoms in total. The number of anilines is 2. The van der Waals surface area contributed by atoms with Crippen LogP contribution in [-0.4, -0.2) is 29.1 Å². The van der Waals surface area contributed by atoms with Crippen molar-refractivity contribution in [3.63, 3.8) is 0 Å². The molecule has 2 aromatic carbocycles. The van der Waals surface area contributed by atoms with Gasteiger partial charge in [0.2, 0.25) is 10.0 Å². The van der Waals surface area contributed by atoms with Crippen LogP contribution in [0.15, 0.2) is 41.3 Å². The summed E-state index contributed by atoms with van der Waals surface area (Å²) >= 11 is 5.96. The molecule has 0 amide bonds. The Morgan fingerprint density at radius 1 is 1.04 bits per heavy atom. The van der Waals surface area contributed by atoms with Crippen LogP contribution in [0.3, 0.4) is 0 Å². The van der Waals surface area contributed by atoms with E-state index in [-0.39, 0.29) is 10.6 Å². The summed E-state index contributed by atoms with van der Waals surface area (Å²) in [5, 5.41) is 0.431. The first-order valence-corrected chi connectivity index (χ1v) is 12.0. The average molecular weight is 429 g/mol. The van der Waals surface area contributed by atoms with Gasteiger partial charge in [0.1, 0.15) is 0 Å². The Bertz CT molecular complexity index is 1080. The number of nitrogens with zero attached hydrogens (tertiary/aromatic N) is 1. The molecule has 0 unspecified atom stereocenters. The first kappa shape index (κ1) is 20.0. The van der Waals surface area contributed by atoms with E-state index < -0.39 is 20.0 Å². The van der Waals surface area contributed by atoms with E-state index in [0.29, 0.717) is 34.9 Å². The fourth-order valence-electron chi connectivity index (χ4n) is 3.07. The molecule has 0 aromatic heterocycles. The number of hydrogen-bond donors (Lipinski definition) is 1. The molecule has 0 radical (unpaired) electrons. The van der Waals surface area contributed by atoms with Gasteiger partial charge in [-0.2, -0.15) is 0 Å². The highest BCUT2D eigenvalue weighted by Gasteiger charge is 2.27. The number of nitrogens with one attached hydrogen (secondary N) is 1. The Morgan fingerprint density at radius 3 is 2.44 bits per heavy atom. The topological polar surface area (TPSA) is 83.6 Å². The maximum atomic E-state index is 12.8. The largest absolute Gasteiger partial charge is 0.279 e. The molecule has 9 heteroatoms. The van der Waals surface area contributed by atoms with Crippen LogP contribution in [0.5, 0.6) is 0 Å². The highest BCUT2D eigenvalue weighted by molar-refractivity contribution is 7.93. The van der Waals surface area contributed by atoms with Gasteiger partial charge in [-0.3, -0.25) is 9.03 Å². The Labute approximate surface area is 165 Å². The lowest BCUT2D eigenvalue weighted by atomic mass is 10.2. The number of halogens is 1. The molecule has 0 saturated carbocycles. The third-order valence-electron chi connectivity index (χ3n) is 4.53. The fraction of sp³-hybridized carbons (Fsp3) is 0.333. The number of sulfonamides is 2. The molecule has 2 aromatic rings. The predicted octanol–water partition coefficient (Wildman–Crippen LogP) is 3.69. The Hall–Kier alpha value is -1.77. The van der Waals surface area contributed by atoms with Gasteiger partial charge in [-0.1, -0.05) is 17.7 Å². The molecule has 0 bridgehead atoms. The van der Waals surface area contributed by atoms with Crippen LogP contribution in [0, 0.1) is 13.8 Å². The molecule has 0 aliphatic carbocycles. The van der Waals surface area contributed by atoms with Gasteiger partial charge in [0.15, 0.2) is 0 Å². The minimum absolute atomic E-state index is 0.0973. The lowest BCUT2D eigenvalue weighted by molar-refractivity contribution is 0.574. The normalized spacial score (nSPS) is 16.9. The molecule has 27 heavy (non-hydrogen) atoms. The quantitative estimate of drug-likeness (QED) is 0.804. The zero-order valence-corrected chi connectivity index (χ0v) is 17.5. The van der Waals surface area contributed by atoms with E-state index in [1.165, 1.54) is 16.4 Å². The third kappa shape index (κ3) is 4.23. The molecule has 1 aliphatic rings. The van der Waals surface area contributed by atoms with Crippen LogP contribution < -0.4 is 9.03 Å². The van der Waals surface area contributed by atoms with Crippen molar-refractivity contribution in [3.05, 3.63) is 52.5 Å². The van der Waals surface area contributed by atoms with Gasteiger partial charge >= 0.3 is 0 Å². The monoisotopic (exact) mass is 428 g/mol. The predicted molar refractivity (Wildman–Crippen MR) is 109 cm³/mol. The highest BCUT2D eigenvalue weighted by Crippen LogP contribution is 2.29. The summed E-state index contributed by atoms with van der Waals surface area (Å²) in [6.45, 7) is 3.85. The Kier molecular flexibility index (Phi) is 5.42. The van der Waals surface area contributed by atoms with Crippen LogP contribution in [0.4, 0.5) is 11.4 Å². The minimum atomic E-state index is -3.84. The number of benzene rings is 2. The van der Waals surface area contributed by atoms with Crippen molar-refractivity contribution < 1.29 is 16.8 Å². The third-order valence-corrected chi connectivity index (χ3v) is 8.16. The van der Waals surface area contributed by atoms with Gasteiger partial charge in [0.05, 0.1) is 22.0 Å². The number of hydrogen-bond acceptors (Lipinski definition) is 4. The fourth-order valence-corrected chi connectivity index (χ4v) is 6.23. The van der Waals surface area contributed by atoms with Crippen LogP contribution in [0.1, 0.15) is 24.0 Å². The van der Waals surface area contributed by atoms with Crippen molar-refractivity contribution >= 4 is 43.0 Å². The van der Waals surface area contributed by atoms with E-state index in [2.05, 4.69) is 4.72 Å². The number of aryl methyl sites for hydroxylation is 2. The molecule has 1 aliphatic heterocycles. The standard InChI is InChI=1S/C18H21ClN2O4S2/c1-13-5-6-15(19)12-17(13)20-27(24,25)18-8-7-16(11-14(18)2)21-9-3-4-10-26(21,22)23/h5-8,11-12,20H,3-4,9-10H2,1-2H3. The summed E-state index contributed by atoms with van der Waals surface area (Å²) in [6.07, 6.45) is 1.43. The van der Waals surface area contributed by atoms with Crippen LogP contribution >= 0.6 is 11.6 Å². The maximum absolute atomic E-state index is 12.8. The van der Waals surface area contributed by atoms with Gasteiger partial charge in [0.25, 0.3) is 10.0 Å². The second-order valence-corrected chi connectivity index (χ2v) is 10.7. The molecular weight excluding hydrogens is 408 g/mol. The Balaban J connectivity index is 1.94. The SMILES string of the molecule is Cc1ccc(Cl)cc1NS(=O)(=O)c1ccc(N2CCCCS2(=O)=O)cc1C. The van der Waals surface area contributed by atoms with Crippen molar-refractivity contribution in [1.29, 1.82) is 0 Å². The first-order valence-electron chi connectivity index (χ1n) is 8.50. The van der Waals surface area contributed by atoms with E-state index in [1.54, 1.807) is 38.1 Å². The van der Waals surface area contributed by atoms with Gasteiger partial charge < -0.3 is 0 Å². The Morgan fingerprint density at radius 2 is 1.78 bits per heavy atom. The lowest BCUT2D eigenvalue weighted by Crippen LogP contribution is -2.37. The van der Waals surface area contributed by atoms with E-state index in [1.807, 2.05) is 0 Å². The van der Waals surface area contributed by atoms with Crippen molar-refractivity contribution in [3.8, 4) is 0 Å². The van der Waals surface area contributed by atoms with Gasteiger partial charge in [-0.15, -0.1) is 0 Å². The van der Waals surface area contributed by atoms with Crippen molar-refractivity contribution in [1.82, 2.24) is 0 Å². The molecule has 1 fully saturated rings. The van der Waals surface area contributed by atoms with Gasteiger partial charge in [0, 0.05) is 11.6 Å². The van der Waals surface area contributed by atoms with Crippen molar-refractivity contribution in [2.24, 2.45) is 0 Å². The summed E-state index contributed by atoms with van der Waals surface area (Å²) in [7, 11) is -7.18. The van der Waals surface area contributed by atoms with E-state index in [4.69, 9.17) is 11.6 Å². The average Bonchev–Trinajstić information content (AvgIpc) is 2.57. The highest BCUT2D eigenvalue weighted by atomic mass is 35.5. The molecule has 1 heterocycles. The maximum Gasteiger partial charge on any atom is 0.262 e. The zero-order chi connectivity index (χ0) is 19.8. The summed E-state index contributed by atoms with van der Waals surface area (Å²) < 4.78 is 54.1. The summed E-state index contributed by atoms with van der Waals surface area (Å²) in [5.41, 5.74) is 2.12. The second kappa shape index (κ2) is 7.33. The zero-order valence-electron chi connectivity index (χ0n) is 15.1. The molecular formula is C18H21ClN2O4S2. The molecule has 0 spiro atoms. The molecule has 3 rings (SSSR count). The summed E-state index contributed by atoms with van der Waals surface area (Å²) in [4.78, 5) is 0.0973. The van der Waals surface area contributed by atoms with Gasteiger partial charge in [-0.05, 0) is 68.1 Å².